The molecule has 0 bridgehead atoms. The lowest BCUT2D eigenvalue weighted by Gasteiger charge is -2.28. The summed E-state index contributed by atoms with van der Waals surface area (Å²) in [5, 5.41) is 9.58. The van der Waals surface area contributed by atoms with E-state index in [9.17, 15) is 0 Å². The van der Waals surface area contributed by atoms with Gasteiger partial charge in [0.15, 0.2) is 0 Å². The Morgan fingerprint density at radius 1 is 1.44 bits per heavy atom. The van der Waals surface area contributed by atoms with Crippen LogP contribution in [0.15, 0.2) is 12.3 Å². The van der Waals surface area contributed by atoms with Gasteiger partial charge in [0.05, 0.1) is 11.6 Å². The molecule has 4 heteroatoms. The minimum absolute atomic E-state index is 0.0261. The molecule has 16 heavy (non-hydrogen) atoms. The maximum Gasteiger partial charge on any atom is 0.147 e. The number of aromatic nitrogens is 1. The Labute approximate surface area is 102 Å². The summed E-state index contributed by atoms with van der Waals surface area (Å²) in [5.41, 5.74) is 0.742. The van der Waals surface area contributed by atoms with E-state index in [0.29, 0.717) is 11.1 Å². The van der Waals surface area contributed by atoms with Crippen molar-refractivity contribution in [1.82, 2.24) is 4.98 Å². The second kappa shape index (κ2) is 6.06. The predicted molar refractivity (Wildman–Crippen MR) is 67.9 cm³/mol. The Kier molecular flexibility index (Phi) is 5.03. The van der Waals surface area contributed by atoms with E-state index in [4.69, 9.17) is 16.7 Å². The number of aliphatic hydroxyl groups excluding tert-OH is 1. The Balaban J connectivity index is 2.95. The molecule has 0 aliphatic carbocycles. The molecule has 0 radical (unpaired) electrons. The van der Waals surface area contributed by atoms with Gasteiger partial charge in [-0.25, -0.2) is 4.98 Å². The number of halogens is 1. The van der Waals surface area contributed by atoms with Gasteiger partial charge in [-0.15, -0.1) is 0 Å². The molecule has 1 heterocycles. The number of hydrogen-bond acceptors (Lipinski definition) is 3. The maximum atomic E-state index is 8.98. The summed E-state index contributed by atoms with van der Waals surface area (Å²) in [4.78, 5) is 6.40. The molecule has 90 valence electrons. The standard InChI is InChI=1S/C12H19ClN2O/c1-4-10(5-2)15(3)12-11(13)6-9(8-16)7-14-12/h6-7,10,16H,4-5,8H2,1-3H3. The Morgan fingerprint density at radius 2 is 2.06 bits per heavy atom. The monoisotopic (exact) mass is 242 g/mol. The van der Waals surface area contributed by atoms with E-state index in [1.807, 2.05) is 7.05 Å². The van der Waals surface area contributed by atoms with Gasteiger partial charge in [0.1, 0.15) is 5.82 Å². The number of anilines is 1. The molecule has 0 saturated heterocycles. The summed E-state index contributed by atoms with van der Waals surface area (Å²) < 4.78 is 0. The summed E-state index contributed by atoms with van der Waals surface area (Å²) in [6.07, 6.45) is 3.79. The van der Waals surface area contributed by atoms with E-state index in [1.54, 1.807) is 12.3 Å². The largest absolute Gasteiger partial charge is 0.392 e. The fourth-order valence-electron chi connectivity index (χ4n) is 1.83. The fraction of sp³-hybridized carbons (Fsp3) is 0.583. The van der Waals surface area contributed by atoms with Gasteiger partial charge in [-0.2, -0.15) is 0 Å². The first-order valence-corrected chi connectivity index (χ1v) is 5.99. The summed E-state index contributed by atoms with van der Waals surface area (Å²) in [5.74, 6) is 0.785. The van der Waals surface area contributed by atoms with Gasteiger partial charge in [0.2, 0.25) is 0 Å². The quantitative estimate of drug-likeness (QED) is 0.863. The number of hydrogen-bond donors (Lipinski definition) is 1. The van der Waals surface area contributed by atoms with Crippen LogP contribution in [0.1, 0.15) is 32.3 Å². The topological polar surface area (TPSA) is 36.4 Å². The van der Waals surface area contributed by atoms with Crippen LogP contribution in [0, 0.1) is 0 Å². The first-order valence-electron chi connectivity index (χ1n) is 5.62. The molecular formula is C12H19ClN2O. The third-order valence-corrected chi connectivity index (χ3v) is 3.16. The normalized spacial score (nSPS) is 10.9. The van der Waals surface area contributed by atoms with Crippen LogP contribution in [0.5, 0.6) is 0 Å². The molecule has 0 aliphatic heterocycles. The molecule has 1 N–H and O–H groups in total. The van der Waals surface area contributed by atoms with Gasteiger partial charge in [-0.1, -0.05) is 25.4 Å². The minimum atomic E-state index is -0.0261. The molecule has 1 aromatic heterocycles. The Bertz CT molecular complexity index is 340. The van der Waals surface area contributed by atoms with Gasteiger partial charge >= 0.3 is 0 Å². The van der Waals surface area contributed by atoms with Crippen LogP contribution in [0.2, 0.25) is 5.02 Å². The van der Waals surface area contributed by atoms with Crippen molar-refractivity contribution in [1.29, 1.82) is 0 Å². The first-order chi connectivity index (χ1) is 7.63. The molecule has 0 fully saturated rings. The lowest BCUT2D eigenvalue weighted by Crippen LogP contribution is -2.31. The highest BCUT2D eigenvalue weighted by Gasteiger charge is 2.15. The zero-order valence-electron chi connectivity index (χ0n) is 10.1. The third kappa shape index (κ3) is 2.86. The first kappa shape index (κ1) is 13.3. The Morgan fingerprint density at radius 3 is 2.50 bits per heavy atom. The molecule has 0 aromatic carbocycles. The predicted octanol–water partition coefficient (Wildman–Crippen LogP) is 2.85. The highest BCUT2D eigenvalue weighted by atomic mass is 35.5. The van der Waals surface area contributed by atoms with Crippen LogP contribution in [-0.2, 0) is 6.61 Å². The van der Waals surface area contributed by atoms with Gasteiger partial charge in [0.25, 0.3) is 0 Å². The van der Waals surface area contributed by atoms with Crippen molar-refractivity contribution in [2.45, 2.75) is 39.3 Å². The van der Waals surface area contributed by atoms with Gasteiger partial charge in [-0.05, 0) is 24.5 Å². The van der Waals surface area contributed by atoms with Crippen LogP contribution in [0.25, 0.3) is 0 Å². The second-order valence-electron chi connectivity index (χ2n) is 3.89. The van der Waals surface area contributed by atoms with Gasteiger partial charge in [-0.3, -0.25) is 0 Å². The number of nitrogens with zero attached hydrogens (tertiary/aromatic N) is 2. The molecule has 0 aliphatic rings. The molecule has 0 amide bonds. The van der Waals surface area contributed by atoms with Crippen molar-refractivity contribution in [3.05, 3.63) is 22.8 Å². The zero-order valence-corrected chi connectivity index (χ0v) is 10.8. The average molecular weight is 243 g/mol. The smallest absolute Gasteiger partial charge is 0.147 e. The van der Waals surface area contributed by atoms with E-state index in [0.717, 1.165) is 24.2 Å². The molecule has 0 unspecified atom stereocenters. The SMILES string of the molecule is CCC(CC)N(C)c1ncc(CO)cc1Cl. The van der Waals surface area contributed by atoms with Crippen molar-refractivity contribution in [3.8, 4) is 0 Å². The molecule has 1 aromatic rings. The summed E-state index contributed by atoms with van der Waals surface area (Å²) in [6, 6.07) is 2.22. The van der Waals surface area contributed by atoms with Crippen LogP contribution in [0.4, 0.5) is 5.82 Å². The lowest BCUT2D eigenvalue weighted by molar-refractivity contribution is 0.281. The van der Waals surface area contributed by atoms with E-state index in [-0.39, 0.29) is 6.61 Å². The van der Waals surface area contributed by atoms with Crippen LogP contribution in [0.3, 0.4) is 0 Å². The zero-order chi connectivity index (χ0) is 12.1. The van der Waals surface area contributed by atoms with E-state index in [1.165, 1.54) is 0 Å². The van der Waals surface area contributed by atoms with Crippen LogP contribution >= 0.6 is 11.6 Å². The highest BCUT2D eigenvalue weighted by Crippen LogP contribution is 2.26. The molecule has 0 spiro atoms. The third-order valence-electron chi connectivity index (χ3n) is 2.89. The van der Waals surface area contributed by atoms with Gasteiger partial charge in [0, 0.05) is 19.3 Å². The summed E-state index contributed by atoms with van der Waals surface area (Å²) in [7, 11) is 2.00. The number of pyridine rings is 1. The van der Waals surface area contributed by atoms with Crippen molar-refractivity contribution >= 4 is 17.4 Å². The summed E-state index contributed by atoms with van der Waals surface area (Å²) >= 11 is 6.15. The van der Waals surface area contributed by atoms with Gasteiger partial charge < -0.3 is 10.0 Å². The Hall–Kier alpha value is -0.800. The number of rotatable bonds is 5. The minimum Gasteiger partial charge on any atom is -0.392 e. The molecule has 3 nitrogen and oxygen atoms in total. The lowest BCUT2D eigenvalue weighted by atomic mass is 10.1. The highest BCUT2D eigenvalue weighted by molar-refractivity contribution is 6.33. The second-order valence-corrected chi connectivity index (χ2v) is 4.30. The van der Waals surface area contributed by atoms with E-state index < -0.39 is 0 Å². The molecule has 0 atom stereocenters. The van der Waals surface area contributed by atoms with Crippen LogP contribution < -0.4 is 4.90 Å². The van der Waals surface area contributed by atoms with Crippen molar-refractivity contribution in [2.24, 2.45) is 0 Å². The molecule has 0 saturated carbocycles. The summed E-state index contributed by atoms with van der Waals surface area (Å²) in [6.45, 7) is 4.28. The average Bonchev–Trinajstić information content (AvgIpc) is 2.30. The van der Waals surface area contributed by atoms with Crippen LogP contribution in [-0.4, -0.2) is 23.2 Å². The fourth-order valence-corrected chi connectivity index (χ4v) is 2.15. The van der Waals surface area contributed by atoms with Crippen molar-refractivity contribution < 1.29 is 5.11 Å². The van der Waals surface area contributed by atoms with E-state index in [2.05, 4.69) is 23.7 Å². The van der Waals surface area contributed by atoms with Crippen molar-refractivity contribution in [2.75, 3.05) is 11.9 Å². The number of aliphatic hydroxyl groups is 1. The molecular weight excluding hydrogens is 224 g/mol. The van der Waals surface area contributed by atoms with Crippen molar-refractivity contribution in [3.63, 3.8) is 0 Å². The maximum absolute atomic E-state index is 8.98. The van der Waals surface area contributed by atoms with E-state index >= 15 is 0 Å². The molecule has 1 rings (SSSR count).